The second kappa shape index (κ2) is 8.47. The van der Waals surface area contributed by atoms with E-state index in [0.717, 1.165) is 10.2 Å². The molecule has 0 atom stereocenters. The van der Waals surface area contributed by atoms with E-state index in [0.29, 0.717) is 10.9 Å². The molecule has 0 fully saturated rings. The summed E-state index contributed by atoms with van der Waals surface area (Å²) in [5.41, 5.74) is 0.736. The molecule has 5 nitrogen and oxygen atoms in total. The molecular formula is C16H9Cl5N2O3S. The number of anilines is 1. The zero-order chi connectivity index (χ0) is 19.7. The van der Waals surface area contributed by atoms with Gasteiger partial charge in [0.15, 0.2) is 17.5 Å². The molecule has 1 N–H and O–H groups in total. The first kappa shape index (κ1) is 20.6. The third-order valence-electron chi connectivity index (χ3n) is 3.36. The summed E-state index contributed by atoms with van der Waals surface area (Å²) < 4.78 is 11.4. The highest BCUT2D eigenvalue weighted by Gasteiger charge is 2.21. The van der Waals surface area contributed by atoms with Crippen LogP contribution in [0.5, 0.6) is 11.5 Å². The third-order valence-corrected chi connectivity index (χ3v) is 6.53. The molecule has 1 amide bonds. The second-order valence-electron chi connectivity index (χ2n) is 5.09. The van der Waals surface area contributed by atoms with Crippen molar-refractivity contribution in [2.24, 2.45) is 0 Å². The summed E-state index contributed by atoms with van der Waals surface area (Å²) in [5.74, 6) is 0.213. The molecule has 0 aliphatic rings. The van der Waals surface area contributed by atoms with Gasteiger partial charge in [-0.25, -0.2) is 4.98 Å². The number of ether oxygens (including phenoxy) is 2. The van der Waals surface area contributed by atoms with E-state index in [2.05, 4.69) is 10.3 Å². The Bertz CT molecular complexity index is 1010. The quantitative estimate of drug-likeness (QED) is 0.326. The summed E-state index contributed by atoms with van der Waals surface area (Å²) in [6.45, 7) is -0.382. The average molecular weight is 487 g/mol. The van der Waals surface area contributed by atoms with E-state index >= 15 is 0 Å². The molecule has 3 aromatic rings. The van der Waals surface area contributed by atoms with Crippen LogP contribution in [0.3, 0.4) is 0 Å². The van der Waals surface area contributed by atoms with Gasteiger partial charge >= 0.3 is 0 Å². The molecule has 0 bridgehead atoms. The van der Waals surface area contributed by atoms with Crippen LogP contribution in [0, 0.1) is 0 Å². The maximum atomic E-state index is 12.2. The highest BCUT2D eigenvalue weighted by molar-refractivity contribution is 7.22. The summed E-state index contributed by atoms with van der Waals surface area (Å²) >= 11 is 31.3. The molecule has 0 radical (unpaired) electrons. The van der Waals surface area contributed by atoms with Gasteiger partial charge in [-0.3, -0.25) is 10.1 Å². The van der Waals surface area contributed by atoms with Gasteiger partial charge in [0.2, 0.25) is 0 Å². The summed E-state index contributed by atoms with van der Waals surface area (Å²) in [4.78, 5) is 16.5. The van der Waals surface area contributed by atoms with Gasteiger partial charge in [-0.1, -0.05) is 69.3 Å². The van der Waals surface area contributed by atoms with Crippen LogP contribution in [0.15, 0.2) is 18.2 Å². The molecule has 0 saturated carbocycles. The minimum Gasteiger partial charge on any atom is -0.497 e. The SMILES string of the molecule is COc1ccc2nc(NC(=O)COc3c(Cl)c(Cl)c(Cl)c(Cl)c3Cl)sc2c1. The largest absolute Gasteiger partial charge is 0.497 e. The van der Waals surface area contributed by atoms with Gasteiger partial charge in [0, 0.05) is 0 Å². The fraction of sp³-hybridized carbons (Fsp3) is 0.125. The Kier molecular flexibility index (Phi) is 6.46. The summed E-state index contributed by atoms with van der Waals surface area (Å²) in [5, 5.41) is 2.98. The van der Waals surface area contributed by atoms with Crippen molar-refractivity contribution < 1.29 is 14.3 Å². The van der Waals surface area contributed by atoms with Gasteiger partial charge < -0.3 is 9.47 Å². The molecule has 0 aliphatic heterocycles. The van der Waals surface area contributed by atoms with Crippen LogP contribution < -0.4 is 14.8 Å². The number of carbonyl (C=O) groups excluding carboxylic acids is 1. The molecule has 142 valence electrons. The first-order valence-electron chi connectivity index (χ1n) is 7.20. The van der Waals surface area contributed by atoms with Crippen molar-refractivity contribution in [3.63, 3.8) is 0 Å². The summed E-state index contributed by atoms with van der Waals surface area (Å²) in [6.07, 6.45) is 0. The van der Waals surface area contributed by atoms with Crippen molar-refractivity contribution in [1.29, 1.82) is 0 Å². The molecule has 0 spiro atoms. The number of aromatic nitrogens is 1. The molecule has 0 unspecified atom stereocenters. The van der Waals surface area contributed by atoms with Crippen LogP contribution in [-0.2, 0) is 4.79 Å². The number of fused-ring (bicyclic) bond motifs is 1. The topological polar surface area (TPSA) is 60.5 Å². The van der Waals surface area contributed by atoms with E-state index in [4.69, 9.17) is 67.5 Å². The molecule has 1 heterocycles. The van der Waals surface area contributed by atoms with Crippen LogP contribution in [-0.4, -0.2) is 24.6 Å². The Morgan fingerprint density at radius 3 is 2.33 bits per heavy atom. The van der Waals surface area contributed by atoms with Gasteiger partial charge in [-0.15, -0.1) is 0 Å². The molecule has 0 saturated heterocycles. The molecule has 0 aliphatic carbocycles. The molecule has 2 aromatic carbocycles. The van der Waals surface area contributed by atoms with Gasteiger partial charge in [0.25, 0.3) is 5.91 Å². The Hall–Kier alpha value is -1.15. The van der Waals surface area contributed by atoms with Crippen LogP contribution in [0.1, 0.15) is 0 Å². The highest BCUT2D eigenvalue weighted by Crippen LogP contribution is 2.48. The Morgan fingerprint density at radius 1 is 1.07 bits per heavy atom. The van der Waals surface area contributed by atoms with Crippen molar-refractivity contribution >= 4 is 90.6 Å². The molecule has 1 aromatic heterocycles. The van der Waals surface area contributed by atoms with Crippen molar-refractivity contribution in [2.75, 3.05) is 19.0 Å². The lowest BCUT2D eigenvalue weighted by Gasteiger charge is -2.13. The van der Waals surface area contributed by atoms with Crippen molar-refractivity contribution in [3.8, 4) is 11.5 Å². The first-order chi connectivity index (χ1) is 12.8. The van der Waals surface area contributed by atoms with Crippen molar-refractivity contribution in [3.05, 3.63) is 43.3 Å². The minimum atomic E-state index is -0.463. The summed E-state index contributed by atoms with van der Waals surface area (Å²) in [7, 11) is 1.58. The number of hydrogen-bond donors (Lipinski definition) is 1. The number of methoxy groups -OCH3 is 1. The first-order valence-corrected chi connectivity index (χ1v) is 9.91. The standard InChI is InChI=1S/C16H9Cl5N2O3S/c1-25-6-2-3-7-8(4-6)27-16(22-7)23-9(24)5-26-15-13(20)11(18)10(17)12(19)14(15)21/h2-4H,5H2,1H3,(H,22,23,24). The number of nitrogens with one attached hydrogen (secondary N) is 1. The number of amides is 1. The normalized spacial score (nSPS) is 10.9. The second-order valence-corrected chi connectivity index (χ2v) is 8.01. The lowest BCUT2D eigenvalue weighted by Crippen LogP contribution is -2.20. The van der Waals surface area contributed by atoms with Gasteiger partial charge in [0.1, 0.15) is 15.8 Å². The van der Waals surface area contributed by atoms with Gasteiger partial charge in [-0.2, -0.15) is 0 Å². The van der Waals surface area contributed by atoms with E-state index in [1.807, 2.05) is 6.07 Å². The van der Waals surface area contributed by atoms with Gasteiger partial charge in [-0.05, 0) is 18.2 Å². The van der Waals surface area contributed by atoms with E-state index in [-0.39, 0.29) is 37.5 Å². The maximum Gasteiger partial charge on any atom is 0.264 e. The van der Waals surface area contributed by atoms with E-state index in [9.17, 15) is 4.79 Å². The number of carbonyl (C=O) groups is 1. The fourth-order valence-corrected chi connectivity index (χ4v) is 4.23. The molecular weight excluding hydrogens is 478 g/mol. The Labute approximate surface area is 183 Å². The minimum absolute atomic E-state index is 0.00930. The number of benzene rings is 2. The Morgan fingerprint density at radius 2 is 1.70 bits per heavy atom. The molecule has 3 rings (SSSR count). The number of hydrogen-bond acceptors (Lipinski definition) is 5. The fourth-order valence-electron chi connectivity index (χ4n) is 2.09. The van der Waals surface area contributed by atoms with E-state index < -0.39 is 5.91 Å². The zero-order valence-corrected chi connectivity index (χ0v) is 18.0. The summed E-state index contributed by atoms with van der Waals surface area (Å²) in [6, 6.07) is 5.42. The molecule has 27 heavy (non-hydrogen) atoms. The van der Waals surface area contributed by atoms with Crippen LogP contribution in [0.4, 0.5) is 5.13 Å². The number of nitrogens with zero attached hydrogens (tertiary/aromatic N) is 1. The molecule has 11 heteroatoms. The van der Waals surface area contributed by atoms with Crippen LogP contribution >= 0.6 is 69.3 Å². The maximum absolute atomic E-state index is 12.2. The third kappa shape index (κ3) is 4.31. The number of halogens is 5. The lowest BCUT2D eigenvalue weighted by atomic mass is 10.3. The van der Waals surface area contributed by atoms with Crippen LogP contribution in [0.25, 0.3) is 10.2 Å². The van der Waals surface area contributed by atoms with E-state index in [1.165, 1.54) is 11.3 Å². The Balaban J connectivity index is 1.72. The zero-order valence-electron chi connectivity index (χ0n) is 13.4. The predicted molar refractivity (Wildman–Crippen MR) is 112 cm³/mol. The predicted octanol–water partition coefficient (Wildman–Crippen LogP) is 6.59. The number of rotatable bonds is 5. The van der Waals surface area contributed by atoms with Crippen molar-refractivity contribution in [2.45, 2.75) is 0 Å². The highest BCUT2D eigenvalue weighted by atomic mass is 35.5. The monoisotopic (exact) mass is 484 g/mol. The van der Waals surface area contributed by atoms with Crippen LogP contribution in [0.2, 0.25) is 25.1 Å². The van der Waals surface area contributed by atoms with Crippen molar-refractivity contribution in [1.82, 2.24) is 4.98 Å². The lowest BCUT2D eigenvalue weighted by molar-refractivity contribution is -0.118. The smallest absolute Gasteiger partial charge is 0.264 e. The van der Waals surface area contributed by atoms with E-state index in [1.54, 1.807) is 19.2 Å². The number of thiazole rings is 1. The van der Waals surface area contributed by atoms with Gasteiger partial charge in [0.05, 0.1) is 32.4 Å². The average Bonchev–Trinajstić information content (AvgIpc) is 3.05.